The number of rotatable bonds is 4. The van der Waals surface area contributed by atoms with Gasteiger partial charge in [0.1, 0.15) is 5.82 Å². The predicted octanol–water partition coefficient (Wildman–Crippen LogP) is 3.52. The van der Waals surface area contributed by atoms with Gasteiger partial charge in [-0.1, -0.05) is 31.2 Å². The van der Waals surface area contributed by atoms with Crippen molar-refractivity contribution in [1.29, 1.82) is 0 Å². The Morgan fingerprint density at radius 2 is 2.10 bits per heavy atom. The molecule has 2 aromatic rings. The van der Waals surface area contributed by atoms with Crippen molar-refractivity contribution < 1.29 is 0 Å². The maximum Gasteiger partial charge on any atom is 0.133 e. The zero-order valence-corrected chi connectivity index (χ0v) is 13.9. The molecule has 110 valence electrons. The number of hydrogen-bond donors (Lipinski definition) is 1. The van der Waals surface area contributed by atoms with Crippen LogP contribution in [0.4, 0.5) is 5.82 Å². The number of benzene rings is 1. The first kappa shape index (κ1) is 14.5. The van der Waals surface area contributed by atoms with Crippen LogP contribution in [0.5, 0.6) is 0 Å². The van der Waals surface area contributed by atoms with Crippen LogP contribution in [0.1, 0.15) is 23.6 Å². The number of aromatic nitrogens is 1. The third-order valence-corrected chi connectivity index (χ3v) is 4.34. The van der Waals surface area contributed by atoms with Gasteiger partial charge in [0.15, 0.2) is 0 Å². The molecule has 0 saturated heterocycles. The predicted molar refractivity (Wildman–Crippen MR) is 90.5 cm³/mol. The van der Waals surface area contributed by atoms with Gasteiger partial charge in [0, 0.05) is 35.9 Å². The van der Waals surface area contributed by atoms with Crippen molar-refractivity contribution in [3.05, 3.63) is 57.7 Å². The summed E-state index contributed by atoms with van der Waals surface area (Å²) < 4.78 is 1.04. The zero-order chi connectivity index (χ0) is 14.7. The molecule has 3 rings (SSSR count). The van der Waals surface area contributed by atoms with E-state index in [2.05, 4.69) is 68.4 Å². The van der Waals surface area contributed by atoms with E-state index >= 15 is 0 Å². The third-order valence-electron chi connectivity index (χ3n) is 3.91. The van der Waals surface area contributed by atoms with Crippen LogP contribution in [0.3, 0.4) is 0 Å². The van der Waals surface area contributed by atoms with Crippen LogP contribution in [0, 0.1) is 0 Å². The van der Waals surface area contributed by atoms with Crippen LogP contribution in [-0.4, -0.2) is 18.1 Å². The second-order valence-corrected chi connectivity index (χ2v) is 6.27. The Morgan fingerprint density at radius 3 is 2.90 bits per heavy atom. The molecule has 0 aliphatic carbocycles. The lowest BCUT2D eigenvalue weighted by molar-refractivity contribution is 0.690. The summed E-state index contributed by atoms with van der Waals surface area (Å²) in [6.07, 6.45) is 2.99. The Balaban J connectivity index is 1.87. The minimum atomic E-state index is 0.858. The summed E-state index contributed by atoms with van der Waals surface area (Å²) in [5, 5.41) is 3.40. The number of nitrogens with zero attached hydrogens (tertiary/aromatic N) is 2. The van der Waals surface area contributed by atoms with Gasteiger partial charge in [-0.25, -0.2) is 4.98 Å². The molecule has 1 aromatic carbocycles. The molecular formula is C17H20BrN3. The normalized spacial score (nSPS) is 14.1. The molecule has 0 bridgehead atoms. The second kappa shape index (κ2) is 6.58. The maximum atomic E-state index is 4.67. The number of nitrogens with one attached hydrogen (secondary N) is 1. The molecule has 1 aliphatic heterocycles. The molecule has 0 radical (unpaired) electrons. The van der Waals surface area contributed by atoms with E-state index in [1.807, 2.05) is 6.20 Å². The van der Waals surface area contributed by atoms with Gasteiger partial charge >= 0.3 is 0 Å². The summed E-state index contributed by atoms with van der Waals surface area (Å²) >= 11 is 3.53. The van der Waals surface area contributed by atoms with Gasteiger partial charge in [-0.05, 0) is 46.1 Å². The van der Waals surface area contributed by atoms with E-state index in [9.17, 15) is 0 Å². The van der Waals surface area contributed by atoms with Gasteiger partial charge in [0.25, 0.3) is 0 Å². The van der Waals surface area contributed by atoms with Gasteiger partial charge in [-0.15, -0.1) is 0 Å². The van der Waals surface area contributed by atoms with Gasteiger partial charge < -0.3 is 10.2 Å². The molecule has 0 fully saturated rings. The molecule has 1 aromatic heterocycles. The van der Waals surface area contributed by atoms with E-state index in [-0.39, 0.29) is 0 Å². The Bertz CT molecular complexity index is 627. The highest BCUT2D eigenvalue weighted by Gasteiger charge is 2.19. The highest BCUT2D eigenvalue weighted by Crippen LogP contribution is 2.27. The summed E-state index contributed by atoms with van der Waals surface area (Å²) in [5.74, 6) is 1.11. The van der Waals surface area contributed by atoms with Crippen molar-refractivity contribution in [2.24, 2.45) is 0 Å². The minimum Gasteiger partial charge on any atom is -0.352 e. The molecule has 2 heterocycles. The molecular weight excluding hydrogens is 326 g/mol. The van der Waals surface area contributed by atoms with Crippen molar-refractivity contribution >= 4 is 21.7 Å². The summed E-state index contributed by atoms with van der Waals surface area (Å²) in [6, 6.07) is 10.9. The molecule has 0 atom stereocenters. The molecule has 3 nitrogen and oxygen atoms in total. The van der Waals surface area contributed by atoms with Crippen molar-refractivity contribution in [2.75, 3.05) is 18.0 Å². The highest BCUT2D eigenvalue weighted by molar-refractivity contribution is 9.10. The second-order valence-electron chi connectivity index (χ2n) is 5.36. The Labute approximate surface area is 134 Å². The largest absolute Gasteiger partial charge is 0.352 e. The van der Waals surface area contributed by atoms with E-state index < -0.39 is 0 Å². The Hall–Kier alpha value is -1.39. The number of fused-ring (bicyclic) bond motifs is 1. The van der Waals surface area contributed by atoms with Crippen LogP contribution in [0.25, 0.3) is 0 Å². The SMILES string of the molecule is CCNCc1cc(Br)cnc1N1CCc2ccccc2C1. The van der Waals surface area contributed by atoms with Crippen molar-refractivity contribution in [1.82, 2.24) is 10.3 Å². The third kappa shape index (κ3) is 3.27. The highest BCUT2D eigenvalue weighted by atomic mass is 79.9. The number of hydrogen-bond acceptors (Lipinski definition) is 3. The Morgan fingerprint density at radius 1 is 1.29 bits per heavy atom. The molecule has 0 unspecified atom stereocenters. The molecule has 0 amide bonds. The first-order valence-corrected chi connectivity index (χ1v) is 8.24. The fraction of sp³-hybridized carbons (Fsp3) is 0.353. The fourth-order valence-corrected chi connectivity index (χ4v) is 3.20. The van der Waals surface area contributed by atoms with Crippen molar-refractivity contribution in [3.63, 3.8) is 0 Å². The van der Waals surface area contributed by atoms with Crippen LogP contribution in [0.2, 0.25) is 0 Å². The summed E-state index contributed by atoms with van der Waals surface area (Å²) in [4.78, 5) is 7.06. The fourth-order valence-electron chi connectivity index (χ4n) is 2.82. The smallest absolute Gasteiger partial charge is 0.133 e. The number of anilines is 1. The monoisotopic (exact) mass is 345 g/mol. The Kier molecular flexibility index (Phi) is 4.56. The van der Waals surface area contributed by atoms with Crippen LogP contribution >= 0.6 is 15.9 Å². The average molecular weight is 346 g/mol. The molecule has 0 spiro atoms. The molecule has 0 saturated carbocycles. The molecule has 1 aliphatic rings. The number of pyridine rings is 1. The first-order chi connectivity index (χ1) is 10.3. The molecule has 1 N–H and O–H groups in total. The van der Waals surface area contributed by atoms with E-state index in [1.165, 1.54) is 16.7 Å². The van der Waals surface area contributed by atoms with E-state index in [4.69, 9.17) is 0 Å². The summed E-state index contributed by atoms with van der Waals surface area (Å²) in [6.45, 7) is 5.93. The minimum absolute atomic E-state index is 0.858. The lowest BCUT2D eigenvalue weighted by Gasteiger charge is -2.31. The standard InChI is InChI=1S/C17H20BrN3/c1-2-19-10-15-9-16(18)11-20-17(15)21-8-7-13-5-3-4-6-14(13)12-21/h3-6,9,11,19H,2,7-8,10,12H2,1H3. The quantitative estimate of drug-likeness (QED) is 0.918. The zero-order valence-electron chi connectivity index (χ0n) is 12.3. The first-order valence-electron chi connectivity index (χ1n) is 7.45. The topological polar surface area (TPSA) is 28.2 Å². The van der Waals surface area contributed by atoms with Gasteiger partial charge in [-0.3, -0.25) is 0 Å². The maximum absolute atomic E-state index is 4.67. The van der Waals surface area contributed by atoms with Crippen LogP contribution in [-0.2, 0) is 19.5 Å². The summed E-state index contributed by atoms with van der Waals surface area (Å²) in [7, 11) is 0. The van der Waals surface area contributed by atoms with E-state index in [1.54, 1.807) is 0 Å². The van der Waals surface area contributed by atoms with Gasteiger partial charge in [0.05, 0.1) is 0 Å². The lowest BCUT2D eigenvalue weighted by atomic mass is 9.99. The molecule has 4 heteroatoms. The summed E-state index contributed by atoms with van der Waals surface area (Å²) in [5.41, 5.74) is 4.15. The van der Waals surface area contributed by atoms with Crippen molar-refractivity contribution in [3.8, 4) is 0 Å². The molecule has 21 heavy (non-hydrogen) atoms. The van der Waals surface area contributed by atoms with Gasteiger partial charge in [0.2, 0.25) is 0 Å². The van der Waals surface area contributed by atoms with Gasteiger partial charge in [-0.2, -0.15) is 0 Å². The van der Waals surface area contributed by atoms with Crippen LogP contribution in [0.15, 0.2) is 41.0 Å². The lowest BCUT2D eigenvalue weighted by Crippen LogP contribution is -2.32. The average Bonchev–Trinajstić information content (AvgIpc) is 2.52. The van der Waals surface area contributed by atoms with Crippen molar-refractivity contribution in [2.45, 2.75) is 26.4 Å². The van der Waals surface area contributed by atoms with Crippen LogP contribution < -0.4 is 10.2 Å². The van der Waals surface area contributed by atoms with E-state index in [0.29, 0.717) is 0 Å². The van der Waals surface area contributed by atoms with E-state index in [0.717, 1.165) is 42.9 Å². The number of halogens is 1.